The van der Waals surface area contributed by atoms with E-state index in [1.807, 2.05) is 6.26 Å². The molecule has 0 spiro atoms. The summed E-state index contributed by atoms with van der Waals surface area (Å²) >= 11 is 4.74. The number of furan rings is 1. The maximum absolute atomic E-state index is 12.0. The smallest absolute Gasteiger partial charge is 0.244 e. The first kappa shape index (κ1) is 17.0. The summed E-state index contributed by atoms with van der Waals surface area (Å²) in [7, 11) is -3.50. The Morgan fingerprint density at radius 2 is 2.16 bits per heavy atom. The standard InChI is InChI=1S/C11H19BrN2O3S2/c1-3-4-13-8-9-7-10(11(12)17-9)19(15,16)14-5-6-18-2/h7,13-14H,3-6,8H2,1-2H3. The van der Waals surface area contributed by atoms with Crippen molar-refractivity contribution in [3.63, 3.8) is 0 Å². The summed E-state index contributed by atoms with van der Waals surface area (Å²) in [6, 6.07) is 1.55. The molecule has 0 aliphatic carbocycles. The zero-order valence-corrected chi connectivity index (χ0v) is 14.3. The number of nitrogens with one attached hydrogen (secondary N) is 2. The van der Waals surface area contributed by atoms with Crippen LogP contribution < -0.4 is 10.0 Å². The predicted molar refractivity (Wildman–Crippen MR) is 82.0 cm³/mol. The molecular weight excluding hydrogens is 352 g/mol. The molecule has 1 aromatic rings. The fourth-order valence-electron chi connectivity index (χ4n) is 1.41. The molecule has 8 heteroatoms. The maximum Gasteiger partial charge on any atom is 0.244 e. The van der Waals surface area contributed by atoms with E-state index in [0.717, 1.165) is 18.7 Å². The van der Waals surface area contributed by atoms with Crippen LogP contribution in [0.2, 0.25) is 0 Å². The van der Waals surface area contributed by atoms with Crippen molar-refractivity contribution < 1.29 is 12.8 Å². The van der Waals surface area contributed by atoms with E-state index in [4.69, 9.17) is 4.42 Å². The van der Waals surface area contributed by atoms with E-state index in [9.17, 15) is 8.42 Å². The molecule has 1 heterocycles. The first-order valence-corrected chi connectivity index (χ1v) is 9.65. The van der Waals surface area contributed by atoms with Crippen LogP contribution in [0.5, 0.6) is 0 Å². The van der Waals surface area contributed by atoms with Crippen LogP contribution >= 0.6 is 27.7 Å². The lowest BCUT2D eigenvalue weighted by Crippen LogP contribution is -2.25. The Kier molecular flexibility index (Phi) is 7.45. The zero-order chi connectivity index (χ0) is 14.3. The summed E-state index contributed by atoms with van der Waals surface area (Å²) in [5, 5.41) is 3.16. The molecule has 0 aliphatic heterocycles. The highest BCUT2D eigenvalue weighted by atomic mass is 79.9. The fraction of sp³-hybridized carbons (Fsp3) is 0.636. The Morgan fingerprint density at radius 3 is 2.79 bits per heavy atom. The molecule has 0 aromatic carbocycles. The second-order valence-corrected chi connectivity index (χ2v) is 7.36. The van der Waals surface area contributed by atoms with Crippen LogP contribution in [0.3, 0.4) is 0 Å². The predicted octanol–water partition coefficient (Wildman–Crippen LogP) is 2.18. The van der Waals surface area contributed by atoms with Gasteiger partial charge in [-0.25, -0.2) is 13.1 Å². The van der Waals surface area contributed by atoms with E-state index in [1.165, 1.54) is 0 Å². The highest BCUT2D eigenvalue weighted by Gasteiger charge is 2.21. The lowest BCUT2D eigenvalue weighted by Gasteiger charge is -2.03. The molecular formula is C11H19BrN2O3S2. The Balaban J connectivity index is 2.71. The number of sulfonamides is 1. The third-order valence-electron chi connectivity index (χ3n) is 2.32. The zero-order valence-electron chi connectivity index (χ0n) is 11.0. The molecule has 19 heavy (non-hydrogen) atoms. The molecule has 0 unspecified atom stereocenters. The first-order valence-electron chi connectivity index (χ1n) is 5.98. The first-order chi connectivity index (χ1) is 9.01. The van der Waals surface area contributed by atoms with Crippen LogP contribution in [0.25, 0.3) is 0 Å². The van der Waals surface area contributed by atoms with Gasteiger partial charge in [-0.05, 0) is 35.2 Å². The van der Waals surface area contributed by atoms with Gasteiger partial charge in [-0.2, -0.15) is 11.8 Å². The van der Waals surface area contributed by atoms with Crippen LogP contribution in [0.4, 0.5) is 0 Å². The molecule has 110 valence electrons. The van der Waals surface area contributed by atoms with E-state index in [2.05, 4.69) is 32.9 Å². The average molecular weight is 371 g/mol. The van der Waals surface area contributed by atoms with Gasteiger partial charge in [0.2, 0.25) is 10.0 Å². The van der Waals surface area contributed by atoms with Gasteiger partial charge in [0.15, 0.2) is 4.67 Å². The number of hydrogen-bond acceptors (Lipinski definition) is 5. The molecule has 5 nitrogen and oxygen atoms in total. The van der Waals surface area contributed by atoms with Crippen LogP contribution in [0.15, 0.2) is 20.0 Å². The number of rotatable bonds is 9. The summed E-state index contributed by atoms with van der Waals surface area (Å²) in [6.07, 6.45) is 2.95. The largest absolute Gasteiger partial charge is 0.452 e. The van der Waals surface area contributed by atoms with E-state index in [-0.39, 0.29) is 9.56 Å². The number of hydrogen-bond donors (Lipinski definition) is 2. The number of halogens is 1. The van der Waals surface area contributed by atoms with Crippen molar-refractivity contribution in [1.29, 1.82) is 0 Å². The van der Waals surface area contributed by atoms with Gasteiger partial charge in [-0.15, -0.1) is 0 Å². The van der Waals surface area contributed by atoms with Crippen molar-refractivity contribution in [2.75, 3.05) is 25.1 Å². The summed E-state index contributed by atoms with van der Waals surface area (Å²) in [6.45, 7) is 3.86. The van der Waals surface area contributed by atoms with E-state index >= 15 is 0 Å². The second kappa shape index (κ2) is 8.31. The molecule has 1 rings (SSSR count). The normalized spacial score (nSPS) is 11.9. The third-order valence-corrected chi connectivity index (χ3v) is 5.25. The van der Waals surface area contributed by atoms with Crippen molar-refractivity contribution >= 4 is 37.7 Å². The molecule has 0 fully saturated rings. The minimum absolute atomic E-state index is 0.155. The van der Waals surface area contributed by atoms with Crippen molar-refractivity contribution in [1.82, 2.24) is 10.0 Å². The van der Waals surface area contributed by atoms with Gasteiger partial charge in [0.05, 0.1) is 6.54 Å². The molecule has 2 N–H and O–H groups in total. The Labute approximate surface area is 127 Å². The molecule has 0 saturated carbocycles. The average Bonchev–Trinajstić information content (AvgIpc) is 2.72. The summed E-state index contributed by atoms with van der Waals surface area (Å²) in [4.78, 5) is 0.155. The minimum atomic E-state index is -3.50. The lowest BCUT2D eigenvalue weighted by molar-refractivity contribution is 0.461. The van der Waals surface area contributed by atoms with Gasteiger partial charge in [0, 0.05) is 18.4 Å². The topological polar surface area (TPSA) is 71.3 Å². The van der Waals surface area contributed by atoms with E-state index in [0.29, 0.717) is 18.8 Å². The SMILES string of the molecule is CCCNCc1cc(S(=O)(=O)NCCSC)c(Br)o1. The minimum Gasteiger partial charge on any atom is -0.452 e. The molecule has 0 radical (unpaired) electrons. The second-order valence-electron chi connectivity index (χ2n) is 3.92. The van der Waals surface area contributed by atoms with Gasteiger partial charge in [-0.1, -0.05) is 6.92 Å². The van der Waals surface area contributed by atoms with Gasteiger partial charge >= 0.3 is 0 Å². The molecule has 1 aromatic heterocycles. The fourth-order valence-corrected chi connectivity index (χ4v) is 3.88. The van der Waals surface area contributed by atoms with Crippen LogP contribution in [-0.2, 0) is 16.6 Å². The highest BCUT2D eigenvalue weighted by Crippen LogP contribution is 2.25. The number of thioether (sulfide) groups is 1. The van der Waals surface area contributed by atoms with Crippen molar-refractivity contribution in [2.45, 2.75) is 24.8 Å². The molecule has 0 bridgehead atoms. The summed E-state index contributed by atoms with van der Waals surface area (Å²) in [5.74, 6) is 1.34. The van der Waals surface area contributed by atoms with E-state index < -0.39 is 10.0 Å². The van der Waals surface area contributed by atoms with Gasteiger partial charge < -0.3 is 9.73 Å². The molecule has 0 saturated heterocycles. The summed E-state index contributed by atoms with van der Waals surface area (Å²) in [5.41, 5.74) is 0. The highest BCUT2D eigenvalue weighted by molar-refractivity contribution is 9.10. The Hall–Kier alpha value is -0.0200. The quantitative estimate of drug-likeness (QED) is 0.651. The molecule has 0 atom stereocenters. The lowest BCUT2D eigenvalue weighted by atomic mass is 10.4. The molecule has 0 aliphatic rings. The summed E-state index contributed by atoms with van der Waals surface area (Å²) < 4.78 is 32.3. The van der Waals surface area contributed by atoms with Crippen LogP contribution in [0, 0.1) is 0 Å². The monoisotopic (exact) mass is 370 g/mol. The van der Waals surface area contributed by atoms with Crippen molar-refractivity contribution in [3.8, 4) is 0 Å². The van der Waals surface area contributed by atoms with Gasteiger partial charge in [-0.3, -0.25) is 0 Å². The van der Waals surface area contributed by atoms with Crippen LogP contribution in [-0.4, -0.2) is 33.5 Å². The Morgan fingerprint density at radius 1 is 1.42 bits per heavy atom. The van der Waals surface area contributed by atoms with Crippen molar-refractivity contribution in [3.05, 3.63) is 16.5 Å². The van der Waals surface area contributed by atoms with E-state index in [1.54, 1.807) is 17.8 Å². The van der Waals surface area contributed by atoms with Gasteiger partial charge in [0.1, 0.15) is 10.7 Å². The maximum atomic E-state index is 12.0. The third kappa shape index (κ3) is 5.47. The Bertz CT molecular complexity index is 488. The van der Waals surface area contributed by atoms with Crippen molar-refractivity contribution in [2.24, 2.45) is 0 Å². The molecule has 0 amide bonds. The van der Waals surface area contributed by atoms with Gasteiger partial charge in [0.25, 0.3) is 0 Å². The van der Waals surface area contributed by atoms with Crippen LogP contribution in [0.1, 0.15) is 19.1 Å².